The lowest BCUT2D eigenvalue weighted by molar-refractivity contribution is -0.161. The van der Waals surface area contributed by atoms with Crippen molar-refractivity contribution in [3.8, 4) is 0 Å². The summed E-state index contributed by atoms with van der Waals surface area (Å²) in [6.07, 6.45) is 70.9. The van der Waals surface area contributed by atoms with Gasteiger partial charge in [0.15, 0.2) is 6.10 Å². The van der Waals surface area contributed by atoms with Gasteiger partial charge in [0.1, 0.15) is 6.61 Å². The molecule has 9 nitrogen and oxygen atoms in total. The van der Waals surface area contributed by atoms with Crippen LogP contribution < -0.4 is 5.73 Å². The van der Waals surface area contributed by atoms with Crippen molar-refractivity contribution in [2.75, 3.05) is 26.4 Å². The zero-order valence-electron chi connectivity index (χ0n) is 47.4. The third-order valence-corrected chi connectivity index (χ3v) is 14.7. The van der Waals surface area contributed by atoms with Gasteiger partial charge in [0, 0.05) is 19.4 Å². The summed E-state index contributed by atoms with van der Waals surface area (Å²) in [4.78, 5) is 35.2. The standard InChI is InChI=1S/C62H118NO8P/c1-3-5-7-9-11-13-15-17-19-21-22-23-24-25-26-27-28-29-30-31-32-33-34-35-36-37-38-39-41-43-45-47-49-51-53-55-62(65)71-60(59-70-72(66,67)69-57-56-63)58-68-61(64)54-52-50-48-46-44-42-40-20-18-16-14-12-10-8-6-4-2/h15,17,20-22,40,60H,3-14,16,18-19,23-39,41-59,63H2,1-2H3,(H,66,67)/b17-15-,22-21-,40-20-. The maximum absolute atomic E-state index is 12.7. The average molecular weight is 1040 g/mol. The number of ether oxygens (including phenoxy) is 2. The molecule has 0 aromatic carbocycles. The molecule has 0 saturated carbocycles. The van der Waals surface area contributed by atoms with Crippen LogP contribution in [0.25, 0.3) is 0 Å². The van der Waals surface area contributed by atoms with E-state index in [0.717, 1.165) is 57.8 Å². The maximum Gasteiger partial charge on any atom is 0.472 e. The van der Waals surface area contributed by atoms with Gasteiger partial charge in [-0.3, -0.25) is 18.6 Å². The maximum atomic E-state index is 12.7. The first kappa shape index (κ1) is 70.2. The fourth-order valence-corrected chi connectivity index (χ4v) is 9.90. The lowest BCUT2D eigenvalue weighted by atomic mass is 10.0. The molecule has 0 aliphatic carbocycles. The molecule has 2 unspecified atom stereocenters. The Kier molecular flexibility index (Phi) is 57.1. The highest BCUT2D eigenvalue weighted by molar-refractivity contribution is 7.47. The number of nitrogens with two attached hydrogens (primary N) is 1. The van der Waals surface area contributed by atoms with Gasteiger partial charge in [0.2, 0.25) is 0 Å². The van der Waals surface area contributed by atoms with Gasteiger partial charge >= 0.3 is 19.8 Å². The number of carbonyl (C=O) groups is 2. The summed E-state index contributed by atoms with van der Waals surface area (Å²) in [5.74, 6) is -0.822. The summed E-state index contributed by atoms with van der Waals surface area (Å²) in [7, 11) is -4.39. The molecule has 0 heterocycles. The number of hydrogen-bond donors (Lipinski definition) is 2. The van der Waals surface area contributed by atoms with E-state index in [4.69, 9.17) is 24.3 Å². The van der Waals surface area contributed by atoms with Crippen LogP contribution in [0.4, 0.5) is 0 Å². The Morgan fingerprint density at radius 1 is 0.417 bits per heavy atom. The number of phosphoric acid groups is 1. The molecule has 0 spiro atoms. The smallest absolute Gasteiger partial charge is 0.462 e. The summed E-state index contributed by atoms with van der Waals surface area (Å²) in [5.41, 5.74) is 5.38. The van der Waals surface area contributed by atoms with Crippen molar-refractivity contribution in [3.63, 3.8) is 0 Å². The van der Waals surface area contributed by atoms with Crippen LogP contribution >= 0.6 is 7.82 Å². The Morgan fingerprint density at radius 3 is 1.07 bits per heavy atom. The van der Waals surface area contributed by atoms with Crippen LogP contribution in [-0.2, 0) is 32.7 Å². The average Bonchev–Trinajstić information content (AvgIpc) is 3.37. The topological polar surface area (TPSA) is 134 Å². The highest BCUT2D eigenvalue weighted by atomic mass is 31.2. The van der Waals surface area contributed by atoms with Crippen LogP contribution in [0.5, 0.6) is 0 Å². The van der Waals surface area contributed by atoms with Crippen molar-refractivity contribution in [2.24, 2.45) is 5.73 Å². The number of phosphoric ester groups is 1. The van der Waals surface area contributed by atoms with Crippen LogP contribution in [0, 0.1) is 0 Å². The first-order chi connectivity index (χ1) is 35.3. The second kappa shape index (κ2) is 58.5. The first-order valence-corrected chi connectivity index (χ1v) is 32.5. The second-order valence-corrected chi connectivity index (χ2v) is 22.4. The van der Waals surface area contributed by atoms with Crippen molar-refractivity contribution in [3.05, 3.63) is 36.5 Å². The van der Waals surface area contributed by atoms with Crippen LogP contribution in [0.3, 0.4) is 0 Å². The van der Waals surface area contributed by atoms with Crippen molar-refractivity contribution >= 4 is 19.8 Å². The molecule has 2 atom stereocenters. The Hall–Kier alpha value is -1.77. The molecule has 0 aromatic heterocycles. The number of hydrogen-bond acceptors (Lipinski definition) is 8. The predicted molar refractivity (Wildman–Crippen MR) is 307 cm³/mol. The van der Waals surface area contributed by atoms with Gasteiger partial charge in [-0.15, -0.1) is 0 Å². The van der Waals surface area contributed by atoms with Gasteiger partial charge < -0.3 is 20.1 Å². The Labute approximate surface area is 445 Å². The third-order valence-electron chi connectivity index (χ3n) is 13.7. The molecule has 72 heavy (non-hydrogen) atoms. The quantitative estimate of drug-likeness (QED) is 0.0264. The lowest BCUT2D eigenvalue weighted by Gasteiger charge is -2.19. The Balaban J connectivity index is 3.81. The minimum atomic E-state index is -4.39. The molecule has 0 rings (SSSR count). The van der Waals surface area contributed by atoms with E-state index in [2.05, 4.69) is 50.3 Å². The molecule has 0 fully saturated rings. The molecule has 0 aliphatic heterocycles. The Morgan fingerprint density at radius 2 is 0.722 bits per heavy atom. The van der Waals surface area contributed by atoms with Gasteiger partial charge in [0.25, 0.3) is 0 Å². The molecule has 0 amide bonds. The largest absolute Gasteiger partial charge is 0.472 e. The van der Waals surface area contributed by atoms with E-state index in [1.54, 1.807) is 0 Å². The molecule has 0 bridgehead atoms. The fourth-order valence-electron chi connectivity index (χ4n) is 9.13. The Bertz CT molecular complexity index is 1270. The number of unbranched alkanes of at least 4 members (excludes halogenated alkanes) is 40. The van der Waals surface area contributed by atoms with Crippen LogP contribution in [0.1, 0.15) is 316 Å². The number of esters is 2. The molecular formula is C62H118NO8P. The van der Waals surface area contributed by atoms with E-state index < -0.39 is 26.5 Å². The van der Waals surface area contributed by atoms with Crippen LogP contribution in [-0.4, -0.2) is 49.3 Å². The molecule has 0 aliphatic rings. The van der Waals surface area contributed by atoms with E-state index >= 15 is 0 Å². The van der Waals surface area contributed by atoms with Crippen molar-refractivity contribution in [2.45, 2.75) is 322 Å². The van der Waals surface area contributed by atoms with Crippen molar-refractivity contribution in [1.29, 1.82) is 0 Å². The summed E-state index contributed by atoms with van der Waals surface area (Å²) in [5, 5.41) is 0. The molecule has 0 saturated heterocycles. The molecule has 0 aromatic rings. The van der Waals surface area contributed by atoms with E-state index in [1.807, 2.05) is 0 Å². The SMILES string of the molecule is CCCCCCC/C=C\C/C=C\CCCCCCCCCCCCCCCCCCCCCCCCCC(=O)OC(COC(=O)CCCCCCC/C=C\CCCCCCCCC)COP(=O)(O)OCCN. The zero-order chi connectivity index (χ0) is 52.4. The number of allylic oxidation sites excluding steroid dienone is 6. The monoisotopic (exact) mass is 1040 g/mol. The molecule has 424 valence electrons. The summed E-state index contributed by atoms with van der Waals surface area (Å²) >= 11 is 0. The number of rotatable bonds is 59. The molecule has 3 N–H and O–H groups in total. The van der Waals surface area contributed by atoms with E-state index in [1.165, 1.54) is 225 Å². The summed E-state index contributed by atoms with van der Waals surface area (Å²) in [6.45, 7) is 3.77. The number of carbonyl (C=O) groups excluding carboxylic acids is 2. The first-order valence-electron chi connectivity index (χ1n) is 31.0. The predicted octanol–water partition coefficient (Wildman–Crippen LogP) is 19.6. The van der Waals surface area contributed by atoms with Gasteiger partial charge in [-0.05, 0) is 70.6 Å². The van der Waals surface area contributed by atoms with E-state index in [0.29, 0.717) is 6.42 Å². The highest BCUT2D eigenvalue weighted by Gasteiger charge is 2.26. The van der Waals surface area contributed by atoms with Gasteiger partial charge in [0.05, 0.1) is 13.2 Å². The molecular weight excluding hydrogens is 918 g/mol. The summed E-state index contributed by atoms with van der Waals surface area (Å²) in [6, 6.07) is 0. The molecule has 0 radical (unpaired) electrons. The fraction of sp³-hybridized carbons (Fsp3) is 0.871. The van der Waals surface area contributed by atoms with Gasteiger partial charge in [-0.2, -0.15) is 0 Å². The van der Waals surface area contributed by atoms with Gasteiger partial charge in [-0.1, -0.05) is 269 Å². The normalized spacial score (nSPS) is 13.2. The van der Waals surface area contributed by atoms with Crippen LogP contribution in [0.2, 0.25) is 0 Å². The van der Waals surface area contributed by atoms with E-state index in [-0.39, 0.29) is 38.6 Å². The highest BCUT2D eigenvalue weighted by Crippen LogP contribution is 2.43. The minimum absolute atomic E-state index is 0.0542. The second-order valence-electron chi connectivity index (χ2n) is 20.9. The third kappa shape index (κ3) is 57.5. The van der Waals surface area contributed by atoms with Gasteiger partial charge in [-0.25, -0.2) is 4.57 Å². The zero-order valence-corrected chi connectivity index (χ0v) is 48.3. The lowest BCUT2D eigenvalue weighted by Crippen LogP contribution is -2.29. The van der Waals surface area contributed by atoms with Crippen LogP contribution in [0.15, 0.2) is 36.5 Å². The van der Waals surface area contributed by atoms with Crippen molar-refractivity contribution in [1.82, 2.24) is 0 Å². The van der Waals surface area contributed by atoms with E-state index in [9.17, 15) is 19.0 Å². The van der Waals surface area contributed by atoms with Crippen molar-refractivity contribution < 1.29 is 37.6 Å². The summed E-state index contributed by atoms with van der Waals surface area (Å²) < 4.78 is 33.0. The molecule has 10 heteroatoms. The minimum Gasteiger partial charge on any atom is -0.462 e.